The molecule has 0 saturated heterocycles. The Morgan fingerprint density at radius 1 is 1.03 bits per heavy atom. The second-order valence-electron chi connectivity index (χ2n) is 7.45. The van der Waals surface area contributed by atoms with Crippen LogP contribution in [0.1, 0.15) is 11.1 Å². The second kappa shape index (κ2) is 11.5. The number of nitrogens with zero attached hydrogens (tertiary/aromatic N) is 4. The van der Waals surface area contributed by atoms with Gasteiger partial charge in [0, 0.05) is 5.69 Å². The Hall–Kier alpha value is -4.52. The van der Waals surface area contributed by atoms with Gasteiger partial charge < -0.3 is 15.9 Å². The Kier molecular flexibility index (Phi) is 7.93. The number of amides is 1. The molecule has 9 nitrogen and oxygen atoms in total. The molecule has 190 valence electrons. The molecule has 0 spiro atoms. The quantitative estimate of drug-likeness (QED) is 0.122. The summed E-state index contributed by atoms with van der Waals surface area (Å²) in [6, 6.07) is 21.0. The number of rotatable bonds is 9. The summed E-state index contributed by atoms with van der Waals surface area (Å²) in [5.41, 5.74) is 2.60. The van der Waals surface area contributed by atoms with Crippen LogP contribution in [0, 0.1) is 0 Å². The molecule has 4 rings (SSSR count). The van der Waals surface area contributed by atoms with Crippen molar-refractivity contribution in [3.05, 3.63) is 90.0 Å². The number of anilines is 2. The van der Waals surface area contributed by atoms with Gasteiger partial charge in [0.25, 0.3) is 5.95 Å². The van der Waals surface area contributed by atoms with Gasteiger partial charge in [-0.25, -0.2) is 10.1 Å². The predicted molar refractivity (Wildman–Crippen MR) is 135 cm³/mol. The zero-order chi connectivity index (χ0) is 26.3. The molecule has 37 heavy (non-hydrogen) atoms. The van der Waals surface area contributed by atoms with Crippen molar-refractivity contribution in [3.8, 4) is 11.5 Å². The Balaban J connectivity index is 1.30. The summed E-state index contributed by atoms with van der Waals surface area (Å²) in [6.45, 7) is 0. The van der Waals surface area contributed by atoms with Crippen LogP contribution in [0.25, 0.3) is 0 Å². The van der Waals surface area contributed by atoms with E-state index in [2.05, 4.69) is 26.0 Å². The third-order valence-electron chi connectivity index (χ3n) is 4.69. The number of carbonyl (C=O) groups is 1. The number of hydrazone groups is 1. The summed E-state index contributed by atoms with van der Waals surface area (Å²) in [7, 11) is 0. The monoisotopic (exact) mass is 527 g/mol. The van der Waals surface area contributed by atoms with Crippen molar-refractivity contribution in [2.24, 2.45) is 5.10 Å². The number of para-hydroxylation sites is 1. The lowest BCUT2D eigenvalue weighted by molar-refractivity contribution is -0.137. The number of carbonyl (C=O) groups excluding carboxylic acids is 1. The van der Waals surface area contributed by atoms with Crippen molar-refractivity contribution in [2.75, 3.05) is 22.3 Å². The molecule has 0 unspecified atom stereocenters. The summed E-state index contributed by atoms with van der Waals surface area (Å²) in [5.74, 6) is 6.74. The minimum atomic E-state index is -4.50. The van der Waals surface area contributed by atoms with E-state index in [0.717, 1.165) is 34.1 Å². The van der Waals surface area contributed by atoms with Crippen LogP contribution in [0.15, 0.2) is 89.1 Å². The van der Waals surface area contributed by atoms with E-state index in [-0.39, 0.29) is 22.5 Å². The number of thioether (sulfide) groups is 1. The number of benzene rings is 3. The van der Waals surface area contributed by atoms with E-state index in [1.54, 1.807) is 12.3 Å². The van der Waals surface area contributed by atoms with Crippen LogP contribution in [-0.4, -0.2) is 32.7 Å². The average molecular weight is 528 g/mol. The Labute approximate surface area is 213 Å². The molecule has 13 heteroatoms. The van der Waals surface area contributed by atoms with Crippen LogP contribution in [0.2, 0.25) is 0 Å². The molecule has 0 aliphatic rings. The minimum absolute atomic E-state index is 0.0320. The Morgan fingerprint density at radius 2 is 1.78 bits per heavy atom. The van der Waals surface area contributed by atoms with Crippen molar-refractivity contribution in [1.82, 2.24) is 14.9 Å². The smallest absolute Gasteiger partial charge is 0.416 e. The summed E-state index contributed by atoms with van der Waals surface area (Å²) in [6.07, 6.45) is -2.96. The third kappa shape index (κ3) is 7.24. The van der Waals surface area contributed by atoms with Gasteiger partial charge >= 0.3 is 6.18 Å². The lowest BCUT2D eigenvalue weighted by Gasteiger charge is -2.09. The fourth-order valence-electron chi connectivity index (χ4n) is 3.00. The maximum absolute atomic E-state index is 12.8. The summed E-state index contributed by atoms with van der Waals surface area (Å²) < 4.78 is 45.4. The number of halogens is 3. The highest BCUT2D eigenvalue weighted by atomic mass is 32.2. The van der Waals surface area contributed by atoms with Crippen molar-refractivity contribution in [1.29, 1.82) is 0 Å². The van der Waals surface area contributed by atoms with Crippen LogP contribution in [0.5, 0.6) is 11.5 Å². The van der Waals surface area contributed by atoms with E-state index in [1.807, 2.05) is 48.5 Å². The van der Waals surface area contributed by atoms with Gasteiger partial charge in [-0.1, -0.05) is 48.2 Å². The van der Waals surface area contributed by atoms with Gasteiger partial charge in [0.15, 0.2) is 0 Å². The molecule has 1 amide bonds. The largest absolute Gasteiger partial charge is 0.457 e. The van der Waals surface area contributed by atoms with Crippen molar-refractivity contribution >= 4 is 35.5 Å². The molecule has 0 atom stereocenters. The van der Waals surface area contributed by atoms with Gasteiger partial charge in [-0.2, -0.15) is 18.3 Å². The van der Waals surface area contributed by atoms with E-state index in [0.29, 0.717) is 11.5 Å². The minimum Gasteiger partial charge on any atom is -0.457 e. The van der Waals surface area contributed by atoms with E-state index in [1.165, 1.54) is 12.1 Å². The first-order valence-corrected chi connectivity index (χ1v) is 11.7. The Morgan fingerprint density at radius 3 is 2.57 bits per heavy atom. The molecule has 1 aromatic heterocycles. The topological polar surface area (TPSA) is 119 Å². The van der Waals surface area contributed by atoms with Crippen molar-refractivity contribution in [2.45, 2.75) is 11.3 Å². The summed E-state index contributed by atoms with van der Waals surface area (Å²) >= 11 is 0.959. The normalized spacial score (nSPS) is 11.4. The maximum Gasteiger partial charge on any atom is 0.416 e. The zero-order valence-electron chi connectivity index (χ0n) is 19.0. The lowest BCUT2D eigenvalue weighted by atomic mass is 10.2. The first-order valence-electron chi connectivity index (χ1n) is 10.7. The number of nitrogens with two attached hydrogens (primary N) is 1. The number of aromatic nitrogens is 3. The molecule has 0 bridgehead atoms. The van der Waals surface area contributed by atoms with E-state index < -0.39 is 17.6 Å². The lowest BCUT2D eigenvalue weighted by Crippen LogP contribution is -2.17. The number of nitrogens with one attached hydrogen (secondary N) is 2. The number of hydrogen-bond donors (Lipinski definition) is 3. The van der Waals surface area contributed by atoms with Crippen LogP contribution in [0.3, 0.4) is 0 Å². The van der Waals surface area contributed by atoms with Gasteiger partial charge in [-0.3, -0.25) is 4.79 Å². The first-order chi connectivity index (χ1) is 17.8. The fraction of sp³-hybridized carbons (Fsp3) is 0.0833. The van der Waals surface area contributed by atoms with E-state index >= 15 is 0 Å². The summed E-state index contributed by atoms with van der Waals surface area (Å²) in [4.78, 5) is 12.2. The van der Waals surface area contributed by atoms with Gasteiger partial charge in [-0.05, 0) is 48.0 Å². The highest BCUT2D eigenvalue weighted by molar-refractivity contribution is 7.99. The molecule has 4 N–H and O–H groups in total. The molecular weight excluding hydrogens is 507 g/mol. The van der Waals surface area contributed by atoms with Crippen LogP contribution >= 0.6 is 11.8 Å². The molecular formula is C24H20F3N7O2S. The molecule has 0 radical (unpaired) electrons. The fourth-order valence-corrected chi connectivity index (χ4v) is 3.66. The number of nitrogen functional groups attached to an aromatic ring is 1. The highest BCUT2D eigenvalue weighted by Crippen LogP contribution is 2.30. The highest BCUT2D eigenvalue weighted by Gasteiger charge is 2.30. The number of hydrogen-bond acceptors (Lipinski definition) is 8. The zero-order valence-corrected chi connectivity index (χ0v) is 19.8. The standard InChI is InChI=1S/C24H20F3N7O2S/c25-24(26,27)17-7-5-8-18(13-17)30-21(35)15-37-23-33-32-22(34(23)28)31-29-14-16-6-4-11-20(12-16)36-19-9-2-1-3-10-19/h1-14H,15,28H2,(H,30,35)(H,31,32)/b29-14+. The second-order valence-corrected chi connectivity index (χ2v) is 8.39. The average Bonchev–Trinajstić information content (AvgIpc) is 3.22. The molecule has 0 saturated carbocycles. The molecule has 0 aliphatic carbocycles. The van der Waals surface area contributed by atoms with Crippen molar-refractivity contribution < 1.29 is 22.7 Å². The molecule has 0 aliphatic heterocycles. The van der Waals surface area contributed by atoms with Crippen LogP contribution in [0.4, 0.5) is 24.8 Å². The van der Waals surface area contributed by atoms with Crippen LogP contribution in [-0.2, 0) is 11.0 Å². The van der Waals surface area contributed by atoms with Crippen LogP contribution < -0.4 is 21.3 Å². The molecule has 0 fully saturated rings. The number of alkyl halides is 3. The Bertz CT molecular complexity index is 1390. The predicted octanol–water partition coefficient (Wildman–Crippen LogP) is 4.98. The molecule has 4 aromatic rings. The third-order valence-corrected chi connectivity index (χ3v) is 5.63. The first kappa shape index (κ1) is 25.6. The SMILES string of the molecule is Nn1c(N/N=C/c2cccc(Oc3ccccc3)c2)nnc1SCC(=O)Nc1cccc(C(F)(F)F)c1. The molecule has 1 heterocycles. The van der Waals surface area contributed by atoms with E-state index in [4.69, 9.17) is 10.6 Å². The number of ether oxygens (including phenoxy) is 1. The van der Waals surface area contributed by atoms with Gasteiger partial charge in [-0.15, -0.1) is 10.2 Å². The summed E-state index contributed by atoms with van der Waals surface area (Å²) in [5, 5.41) is 14.5. The van der Waals surface area contributed by atoms with Gasteiger partial charge in [0.2, 0.25) is 11.1 Å². The van der Waals surface area contributed by atoms with E-state index in [9.17, 15) is 18.0 Å². The van der Waals surface area contributed by atoms with Crippen molar-refractivity contribution in [3.63, 3.8) is 0 Å². The maximum atomic E-state index is 12.8. The van der Waals surface area contributed by atoms with Gasteiger partial charge in [0.05, 0.1) is 17.5 Å². The molecule has 3 aromatic carbocycles. The van der Waals surface area contributed by atoms with Gasteiger partial charge in [0.1, 0.15) is 11.5 Å².